The molecule has 0 spiro atoms. The average molecular weight is 318 g/mol. The standard InChI is InChI=1S/C14H20ClNO3S/c1-16(12-4-3-5-12)20(17,18)14-7-6-13(19-2)10-11(14)8-9-15/h6-7,10,12H,3-5,8-9H2,1-2H3. The van der Waals surface area contributed by atoms with Crippen molar-refractivity contribution in [2.24, 2.45) is 0 Å². The molecule has 0 radical (unpaired) electrons. The summed E-state index contributed by atoms with van der Waals surface area (Å²) in [5, 5.41) is 0. The summed E-state index contributed by atoms with van der Waals surface area (Å²) >= 11 is 5.78. The molecule has 1 fully saturated rings. The highest BCUT2D eigenvalue weighted by Gasteiger charge is 2.32. The van der Waals surface area contributed by atoms with Crippen LogP contribution in [0.4, 0.5) is 0 Å². The molecule has 20 heavy (non-hydrogen) atoms. The number of rotatable bonds is 6. The molecule has 0 aromatic heterocycles. The number of benzene rings is 1. The minimum Gasteiger partial charge on any atom is -0.497 e. The minimum absolute atomic E-state index is 0.131. The Labute approximate surface area is 125 Å². The van der Waals surface area contributed by atoms with E-state index in [0.717, 1.165) is 19.3 Å². The summed E-state index contributed by atoms with van der Waals surface area (Å²) in [4.78, 5) is 0.341. The van der Waals surface area contributed by atoms with E-state index in [1.54, 1.807) is 32.4 Å². The Balaban J connectivity index is 2.39. The second kappa shape index (κ2) is 6.33. The highest BCUT2D eigenvalue weighted by Crippen LogP contribution is 2.31. The van der Waals surface area contributed by atoms with Gasteiger partial charge in [-0.2, -0.15) is 4.31 Å². The summed E-state index contributed by atoms with van der Waals surface area (Å²) in [7, 11) is -0.233. The molecule has 0 N–H and O–H groups in total. The largest absolute Gasteiger partial charge is 0.497 e. The number of hydrogen-bond donors (Lipinski definition) is 0. The fraction of sp³-hybridized carbons (Fsp3) is 0.571. The molecule has 1 aliphatic carbocycles. The van der Waals surface area contributed by atoms with Crippen LogP contribution < -0.4 is 4.74 Å². The Morgan fingerprint density at radius 2 is 2.10 bits per heavy atom. The molecule has 0 unspecified atom stereocenters. The SMILES string of the molecule is COc1ccc(S(=O)(=O)N(C)C2CCC2)c(CCCl)c1. The van der Waals surface area contributed by atoms with E-state index < -0.39 is 10.0 Å². The Morgan fingerprint density at radius 3 is 2.60 bits per heavy atom. The number of aryl methyl sites for hydroxylation is 1. The van der Waals surface area contributed by atoms with E-state index in [4.69, 9.17) is 16.3 Å². The van der Waals surface area contributed by atoms with Crippen LogP contribution in [-0.2, 0) is 16.4 Å². The third-order valence-corrected chi connectivity index (χ3v) is 6.08. The molecule has 6 heteroatoms. The first-order valence-corrected chi connectivity index (χ1v) is 8.69. The zero-order valence-electron chi connectivity index (χ0n) is 11.8. The van der Waals surface area contributed by atoms with Gasteiger partial charge in [0.25, 0.3) is 0 Å². The molecule has 1 aliphatic rings. The van der Waals surface area contributed by atoms with Gasteiger partial charge in [-0.15, -0.1) is 11.6 Å². The monoisotopic (exact) mass is 317 g/mol. The van der Waals surface area contributed by atoms with E-state index in [0.29, 0.717) is 28.5 Å². The number of sulfonamides is 1. The topological polar surface area (TPSA) is 46.6 Å². The second-order valence-corrected chi connectivity index (χ2v) is 7.36. The number of methoxy groups -OCH3 is 1. The zero-order valence-corrected chi connectivity index (χ0v) is 13.4. The Bertz CT molecular complexity index is 570. The van der Waals surface area contributed by atoms with Crippen LogP contribution in [-0.4, -0.2) is 38.8 Å². The van der Waals surface area contributed by atoms with Crippen LogP contribution in [0.1, 0.15) is 24.8 Å². The van der Waals surface area contributed by atoms with Crippen molar-refractivity contribution < 1.29 is 13.2 Å². The van der Waals surface area contributed by atoms with E-state index in [-0.39, 0.29) is 6.04 Å². The molecule has 0 aliphatic heterocycles. The molecule has 0 bridgehead atoms. The van der Waals surface area contributed by atoms with Crippen LogP contribution in [0.2, 0.25) is 0 Å². The molecular weight excluding hydrogens is 298 g/mol. The van der Waals surface area contributed by atoms with Crippen molar-refractivity contribution >= 4 is 21.6 Å². The number of ether oxygens (including phenoxy) is 1. The predicted octanol–water partition coefficient (Wildman–Crippen LogP) is 2.65. The maximum absolute atomic E-state index is 12.7. The molecule has 1 aromatic carbocycles. The highest BCUT2D eigenvalue weighted by atomic mass is 35.5. The van der Waals surface area contributed by atoms with E-state index in [9.17, 15) is 8.42 Å². The predicted molar refractivity (Wildman–Crippen MR) is 80.0 cm³/mol. The third-order valence-electron chi connectivity index (χ3n) is 3.88. The molecule has 112 valence electrons. The van der Waals surface area contributed by atoms with Gasteiger partial charge < -0.3 is 4.74 Å². The fourth-order valence-electron chi connectivity index (χ4n) is 2.33. The van der Waals surface area contributed by atoms with Crippen molar-refractivity contribution in [3.63, 3.8) is 0 Å². The summed E-state index contributed by atoms with van der Waals surface area (Å²) in [5.41, 5.74) is 0.713. The van der Waals surface area contributed by atoms with Crippen molar-refractivity contribution in [1.82, 2.24) is 4.31 Å². The van der Waals surface area contributed by atoms with E-state index in [1.807, 2.05) is 0 Å². The molecule has 0 heterocycles. The lowest BCUT2D eigenvalue weighted by molar-refractivity contribution is 0.249. The van der Waals surface area contributed by atoms with Gasteiger partial charge in [-0.3, -0.25) is 0 Å². The van der Waals surface area contributed by atoms with Crippen LogP contribution in [0.3, 0.4) is 0 Å². The van der Waals surface area contributed by atoms with Crippen molar-refractivity contribution in [3.8, 4) is 5.75 Å². The van der Waals surface area contributed by atoms with Gasteiger partial charge in [0.1, 0.15) is 5.75 Å². The average Bonchev–Trinajstić information content (AvgIpc) is 2.36. The first-order valence-electron chi connectivity index (χ1n) is 6.71. The van der Waals surface area contributed by atoms with E-state index >= 15 is 0 Å². The van der Waals surface area contributed by atoms with Crippen molar-refractivity contribution in [2.45, 2.75) is 36.6 Å². The zero-order chi connectivity index (χ0) is 14.8. The van der Waals surface area contributed by atoms with Crippen molar-refractivity contribution in [2.75, 3.05) is 20.0 Å². The molecule has 0 amide bonds. The summed E-state index contributed by atoms with van der Waals surface area (Å²) in [6, 6.07) is 5.18. The van der Waals surface area contributed by atoms with Crippen LogP contribution in [0.5, 0.6) is 5.75 Å². The maximum Gasteiger partial charge on any atom is 0.243 e. The molecule has 2 rings (SSSR count). The lowest BCUT2D eigenvalue weighted by Crippen LogP contribution is -2.41. The van der Waals surface area contributed by atoms with Gasteiger partial charge in [-0.05, 0) is 43.0 Å². The first-order chi connectivity index (χ1) is 9.50. The second-order valence-electron chi connectivity index (χ2n) is 5.02. The van der Waals surface area contributed by atoms with Gasteiger partial charge >= 0.3 is 0 Å². The van der Waals surface area contributed by atoms with Gasteiger partial charge in [-0.1, -0.05) is 6.42 Å². The fourth-order valence-corrected chi connectivity index (χ4v) is 4.18. The van der Waals surface area contributed by atoms with Gasteiger partial charge in [0.2, 0.25) is 10.0 Å². The van der Waals surface area contributed by atoms with E-state index in [1.165, 1.54) is 4.31 Å². The summed E-state index contributed by atoms with van der Waals surface area (Å²) < 4.78 is 32.1. The molecule has 1 aromatic rings. The summed E-state index contributed by atoms with van der Waals surface area (Å²) in [6.45, 7) is 0. The molecular formula is C14H20ClNO3S. The summed E-state index contributed by atoms with van der Waals surface area (Å²) in [5.74, 6) is 1.03. The van der Waals surface area contributed by atoms with Crippen LogP contribution in [0.25, 0.3) is 0 Å². The lowest BCUT2D eigenvalue weighted by atomic mass is 9.94. The first kappa shape index (κ1) is 15.6. The van der Waals surface area contributed by atoms with Crippen LogP contribution >= 0.6 is 11.6 Å². The van der Waals surface area contributed by atoms with E-state index in [2.05, 4.69) is 0 Å². The normalized spacial score (nSPS) is 16.2. The van der Waals surface area contributed by atoms with Gasteiger partial charge in [0.05, 0.1) is 12.0 Å². The Kier molecular flexibility index (Phi) is 4.94. The lowest BCUT2D eigenvalue weighted by Gasteiger charge is -2.34. The van der Waals surface area contributed by atoms with Crippen molar-refractivity contribution in [1.29, 1.82) is 0 Å². The molecule has 0 atom stereocenters. The third kappa shape index (κ3) is 2.95. The molecule has 4 nitrogen and oxygen atoms in total. The van der Waals surface area contributed by atoms with Gasteiger partial charge in [0.15, 0.2) is 0 Å². The number of nitrogens with zero attached hydrogens (tertiary/aromatic N) is 1. The van der Waals surface area contributed by atoms with Gasteiger partial charge in [-0.25, -0.2) is 8.42 Å². The Morgan fingerprint density at radius 1 is 1.40 bits per heavy atom. The van der Waals surface area contributed by atoms with Crippen LogP contribution in [0, 0.1) is 0 Å². The highest BCUT2D eigenvalue weighted by molar-refractivity contribution is 7.89. The van der Waals surface area contributed by atoms with Gasteiger partial charge in [0, 0.05) is 19.0 Å². The number of hydrogen-bond acceptors (Lipinski definition) is 3. The number of halogens is 1. The summed E-state index contributed by atoms with van der Waals surface area (Å²) in [6.07, 6.45) is 3.49. The minimum atomic E-state index is -3.46. The quantitative estimate of drug-likeness (QED) is 0.758. The molecule has 1 saturated carbocycles. The smallest absolute Gasteiger partial charge is 0.243 e. The maximum atomic E-state index is 12.7. The van der Waals surface area contributed by atoms with Crippen LogP contribution in [0.15, 0.2) is 23.1 Å². The Hall–Kier alpha value is -0.780. The molecule has 0 saturated heterocycles. The number of alkyl halides is 1. The van der Waals surface area contributed by atoms with Crippen molar-refractivity contribution in [3.05, 3.63) is 23.8 Å².